The summed E-state index contributed by atoms with van der Waals surface area (Å²) in [5, 5.41) is 0. The Morgan fingerprint density at radius 2 is 1.72 bits per heavy atom. The molecule has 2 heterocycles. The van der Waals surface area contributed by atoms with Crippen LogP contribution in [0.15, 0.2) is 71.1 Å². The zero-order valence-corrected chi connectivity index (χ0v) is 18.1. The third kappa shape index (κ3) is 3.68. The van der Waals surface area contributed by atoms with Crippen molar-refractivity contribution in [1.82, 2.24) is 9.88 Å². The summed E-state index contributed by atoms with van der Waals surface area (Å²) in [5.41, 5.74) is 4.26. The number of benzene rings is 3. The molecule has 0 bridgehead atoms. The second-order valence-corrected chi connectivity index (χ2v) is 7.86. The van der Waals surface area contributed by atoms with Gasteiger partial charge in [0.05, 0.1) is 14.2 Å². The predicted molar refractivity (Wildman–Crippen MR) is 122 cm³/mol. The highest BCUT2D eigenvalue weighted by molar-refractivity contribution is 5.95. The molecular weight excluding hydrogens is 404 g/mol. The van der Waals surface area contributed by atoms with Crippen LogP contribution >= 0.6 is 0 Å². The Bertz CT molecular complexity index is 1240. The number of oxazole rings is 1. The molecule has 1 aromatic heterocycles. The van der Waals surface area contributed by atoms with E-state index in [1.807, 2.05) is 41.3 Å². The Balaban J connectivity index is 1.46. The van der Waals surface area contributed by atoms with Crippen LogP contribution in [0.5, 0.6) is 11.5 Å². The standard InChI is InChI=1S/C26H24N2O4/c1-30-20-13-19(14-21(16-20)31-2)26(29)28-12-6-9-23(28)25-27-22-15-18(10-11-24(22)32-25)17-7-4-3-5-8-17/h3-5,7-8,10-11,13-16,23H,6,9,12H2,1-2H3. The number of hydrogen-bond acceptors (Lipinski definition) is 5. The fourth-order valence-electron chi connectivity index (χ4n) is 4.26. The molecule has 0 saturated carbocycles. The van der Waals surface area contributed by atoms with Crippen LogP contribution in [0, 0.1) is 0 Å². The summed E-state index contributed by atoms with van der Waals surface area (Å²) in [4.78, 5) is 20.0. The second kappa shape index (κ2) is 8.38. The van der Waals surface area contributed by atoms with Crippen molar-refractivity contribution in [2.75, 3.05) is 20.8 Å². The minimum absolute atomic E-state index is 0.0862. The lowest BCUT2D eigenvalue weighted by atomic mass is 10.1. The SMILES string of the molecule is COc1cc(OC)cc(C(=O)N2CCCC2c2nc3cc(-c4ccccc4)ccc3o2)c1. The van der Waals surface area contributed by atoms with Crippen LogP contribution in [-0.2, 0) is 0 Å². The topological polar surface area (TPSA) is 64.8 Å². The highest BCUT2D eigenvalue weighted by Gasteiger charge is 2.34. The molecular formula is C26H24N2O4. The number of amides is 1. The molecule has 6 nitrogen and oxygen atoms in total. The van der Waals surface area contributed by atoms with E-state index in [-0.39, 0.29) is 11.9 Å². The smallest absolute Gasteiger partial charge is 0.254 e. The number of ether oxygens (including phenoxy) is 2. The van der Waals surface area contributed by atoms with Gasteiger partial charge in [-0.05, 0) is 48.2 Å². The van der Waals surface area contributed by atoms with Gasteiger partial charge in [0.15, 0.2) is 5.58 Å². The molecule has 6 heteroatoms. The maximum Gasteiger partial charge on any atom is 0.254 e. The third-order valence-electron chi connectivity index (χ3n) is 5.91. The first-order valence-corrected chi connectivity index (χ1v) is 10.7. The lowest BCUT2D eigenvalue weighted by molar-refractivity contribution is 0.0716. The van der Waals surface area contributed by atoms with E-state index in [2.05, 4.69) is 12.1 Å². The maximum absolute atomic E-state index is 13.4. The molecule has 1 unspecified atom stereocenters. The van der Waals surface area contributed by atoms with E-state index in [0.29, 0.717) is 29.5 Å². The first-order valence-electron chi connectivity index (χ1n) is 10.7. The highest BCUT2D eigenvalue weighted by Crippen LogP contribution is 2.36. The quantitative estimate of drug-likeness (QED) is 0.421. The van der Waals surface area contributed by atoms with E-state index in [0.717, 1.165) is 35.1 Å². The van der Waals surface area contributed by atoms with Gasteiger partial charge in [-0.3, -0.25) is 4.79 Å². The largest absolute Gasteiger partial charge is 0.497 e. The van der Waals surface area contributed by atoms with Gasteiger partial charge in [-0.25, -0.2) is 4.98 Å². The molecule has 1 amide bonds. The molecule has 162 valence electrons. The summed E-state index contributed by atoms with van der Waals surface area (Å²) in [7, 11) is 3.15. The molecule has 32 heavy (non-hydrogen) atoms. The van der Waals surface area contributed by atoms with Crippen molar-refractivity contribution in [1.29, 1.82) is 0 Å². The Kier molecular flexibility index (Phi) is 5.27. The van der Waals surface area contributed by atoms with Crippen molar-refractivity contribution in [2.24, 2.45) is 0 Å². The van der Waals surface area contributed by atoms with Gasteiger partial charge >= 0.3 is 0 Å². The molecule has 1 aliphatic heterocycles. The van der Waals surface area contributed by atoms with E-state index >= 15 is 0 Å². The zero-order valence-electron chi connectivity index (χ0n) is 18.1. The van der Waals surface area contributed by atoms with Crippen LogP contribution in [0.1, 0.15) is 35.1 Å². The molecule has 1 atom stereocenters. The van der Waals surface area contributed by atoms with Crippen molar-refractivity contribution in [2.45, 2.75) is 18.9 Å². The normalized spacial score (nSPS) is 15.8. The van der Waals surface area contributed by atoms with Crippen molar-refractivity contribution >= 4 is 17.0 Å². The summed E-state index contributed by atoms with van der Waals surface area (Å²) in [6, 6.07) is 21.2. The molecule has 5 rings (SSSR count). The van der Waals surface area contributed by atoms with Gasteiger partial charge in [0, 0.05) is 18.2 Å². The van der Waals surface area contributed by atoms with Crippen molar-refractivity contribution < 1.29 is 18.7 Å². The van der Waals surface area contributed by atoms with Crippen molar-refractivity contribution in [3.05, 3.63) is 78.2 Å². The van der Waals surface area contributed by atoms with Gasteiger partial charge < -0.3 is 18.8 Å². The molecule has 0 radical (unpaired) electrons. The minimum atomic E-state index is -0.202. The number of carbonyl (C=O) groups excluding carboxylic acids is 1. The minimum Gasteiger partial charge on any atom is -0.497 e. The summed E-state index contributed by atoms with van der Waals surface area (Å²) in [6.45, 7) is 0.650. The number of rotatable bonds is 5. The van der Waals surface area contributed by atoms with Gasteiger partial charge in [0.1, 0.15) is 23.1 Å². The van der Waals surface area contributed by atoms with Crippen molar-refractivity contribution in [3.8, 4) is 22.6 Å². The summed E-state index contributed by atoms with van der Waals surface area (Å²) >= 11 is 0. The van der Waals surface area contributed by atoms with Crippen molar-refractivity contribution in [3.63, 3.8) is 0 Å². The lowest BCUT2D eigenvalue weighted by Crippen LogP contribution is -2.30. The average Bonchev–Trinajstić information content (AvgIpc) is 3.50. The van der Waals surface area contributed by atoms with Crippen LogP contribution < -0.4 is 9.47 Å². The summed E-state index contributed by atoms with van der Waals surface area (Å²) < 4.78 is 16.7. The van der Waals surface area contributed by atoms with Gasteiger partial charge in [-0.15, -0.1) is 0 Å². The van der Waals surface area contributed by atoms with Crippen LogP contribution in [0.2, 0.25) is 0 Å². The first-order chi connectivity index (χ1) is 15.7. The Morgan fingerprint density at radius 1 is 0.969 bits per heavy atom. The van der Waals surface area contributed by atoms with Crippen LogP contribution in [-0.4, -0.2) is 36.6 Å². The maximum atomic E-state index is 13.4. The van der Waals surface area contributed by atoms with E-state index in [4.69, 9.17) is 18.9 Å². The van der Waals surface area contributed by atoms with E-state index in [1.54, 1.807) is 32.4 Å². The number of carbonyl (C=O) groups is 1. The van der Waals surface area contributed by atoms with Gasteiger partial charge in [-0.2, -0.15) is 0 Å². The Hall–Kier alpha value is -3.80. The zero-order chi connectivity index (χ0) is 22.1. The molecule has 4 aromatic rings. The molecule has 1 saturated heterocycles. The number of hydrogen-bond donors (Lipinski definition) is 0. The number of aromatic nitrogens is 1. The van der Waals surface area contributed by atoms with Crippen LogP contribution in [0.4, 0.5) is 0 Å². The Labute approximate surface area is 186 Å². The number of fused-ring (bicyclic) bond motifs is 1. The fraction of sp³-hybridized carbons (Fsp3) is 0.231. The third-order valence-corrected chi connectivity index (χ3v) is 5.91. The summed E-state index contributed by atoms with van der Waals surface area (Å²) in [5.74, 6) is 1.65. The highest BCUT2D eigenvalue weighted by atomic mass is 16.5. The van der Waals surface area contributed by atoms with E-state index in [9.17, 15) is 4.79 Å². The molecule has 0 spiro atoms. The Morgan fingerprint density at radius 3 is 2.44 bits per heavy atom. The number of nitrogens with zero attached hydrogens (tertiary/aromatic N) is 2. The molecule has 1 aliphatic rings. The fourth-order valence-corrected chi connectivity index (χ4v) is 4.26. The molecule has 0 N–H and O–H groups in total. The monoisotopic (exact) mass is 428 g/mol. The average molecular weight is 428 g/mol. The van der Waals surface area contributed by atoms with E-state index in [1.165, 1.54) is 0 Å². The first kappa shape index (κ1) is 20.1. The molecule has 0 aliphatic carbocycles. The van der Waals surface area contributed by atoms with Crippen LogP contribution in [0.25, 0.3) is 22.2 Å². The summed E-state index contributed by atoms with van der Waals surface area (Å²) in [6.07, 6.45) is 1.71. The van der Waals surface area contributed by atoms with Gasteiger partial charge in [0.2, 0.25) is 5.89 Å². The number of methoxy groups -OCH3 is 2. The van der Waals surface area contributed by atoms with Crippen LogP contribution in [0.3, 0.4) is 0 Å². The van der Waals surface area contributed by atoms with E-state index < -0.39 is 0 Å². The predicted octanol–water partition coefficient (Wildman–Crippen LogP) is 5.49. The molecule has 3 aromatic carbocycles. The number of likely N-dealkylation sites (tertiary alicyclic amines) is 1. The van der Waals surface area contributed by atoms with Gasteiger partial charge in [0.25, 0.3) is 5.91 Å². The van der Waals surface area contributed by atoms with Gasteiger partial charge in [-0.1, -0.05) is 36.4 Å². The lowest BCUT2D eigenvalue weighted by Gasteiger charge is -2.22. The molecule has 1 fully saturated rings. The second-order valence-electron chi connectivity index (χ2n) is 7.86.